The van der Waals surface area contributed by atoms with Crippen molar-refractivity contribution in [2.45, 2.75) is 33.1 Å². The first-order valence-corrected chi connectivity index (χ1v) is 7.27. The zero-order valence-electron chi connectivity index (χ0n) is 12.2. The van der Waals surface area contributed by atoms with E-state index in [9.17, 15) is 21.0 Å². The van der Waals surface area contributed by atoms with Crippen LogP contribution < -0.4 is 0 Å². The molecule has 4 rings (SSSR count). The molecule has 0 aromatic carbocycles. The molecule has 3 saturated carbocycles. The zero-order valence-corrected chi connectivity index (χ0v) is 12.2. The fraction of sp³-hybridized carbons (Fsp3) is 0.647. The molecule has 0 aromatic heterocycles. The van der Waals surface area contributed by atoms with Gasteiger partial charge in [-0.3, -0.25) is 0 Å². The lowest BCUT2D eigenvalue weighted by Gasteiger charge is -2.63. The van der Waals surface area contributed by atoms with E-state index in [0.717, 1.165) is 18.4 Å². The number of rotatable bonds is 0. The predicted molar refractivity (Wildman–Crippen MR) is 73.5 cm³/mol. The van der Waals surface area contributed by atoms with Gasteiger partial charge in [0.05, 0.1) is 24.3 Å². The summed E-state index contributed by atoms with van der Waals surface area (Å²) in [5.74, 6) is 0.592. The molecule has 0 amide bonds. The van der Waals surface area contributed by atoms with Crippen molar-refractivity contribution in [3.63, 3.8) is 0 Å². The van der Waals surface area contributed by atoms with Crippen LogP contribution in [0.5, 0.6) is 0 Å². The van der Waals surface area contributed by atoms with E-state index >= 15 is 0 Å². The normalized spacial score (nSPS) is 36.3. The van der Waals surface area contributed by atoms with Crippen molar-refractivity contribution < 1.29 is 0 Å². The average Bonchev–Trinajstić information content (AvgIpc) is 2.52. The highest BCUT2D eigenvalue weighted by Gasteiger charge is 2.67. The molecule has 0 spiro atoms. The van der Waals surface area contributed by atoms with E-state index in [0.29, 0.717) is 11.8 Å². The van der Waals surface area contributed by atoms with Gasteiger partial charge in [0.25, 0.3) is 0 Å². The first kappa shape index (κ1) is 13.7. The van der Waals surface area contributed by atoms with Gasteiger partial charge in [-0.1, -0.05) is 25.5 Å². The van der Waals surface area contributed by atoms with Crippen LogP contribution in [0.15, 0.2) is 11.6 Å². The van der Waals surface area contributed by atoms with Crippen LogP contribution >= 0.6 is 0 Å². The van der Waals surface area contributed by atoms with Gasteiger partial charge in [0.1, 0.15) is 0 Å². The van der Waals surface area contributed by atoms with Crippen molar-refractivity contribution in [3.05, 3.63) is 11.6 Å². The third-order valence-electron chi connectivity index (χ3n) is 6.37. The molecule has 4 aliphatic rings. The number of hydrogen-bond donors (Lipinski definition) is 0. The van der Waals surface area contributed by atoms with Crippen LogP contribution in [0.3, 0.4) is 0 Å². The summed E-state index contributed by atoms with van der Waals surface area (Å²) in [5.41, 5.74) is -1.73. The molecule has 0 aromatic rings. The smallest absolute Gasteiger partial charge is 0.182 e. The standard InChI is InChI=1S/C17H16N4/c1-15(2)11-5-13(15)12-3-4-16(7-18,8-19)17(9-20,10-21)14(12)6-11/h3,11,13-14H,4-6H2,1-2H3/t11-,13+,14-/m1/s1. The highest BCUT2D eigenvalue weighted by Crippen LogP contribution is 2.69. The second-order valence-corrected chi connectivity index (χ2v) is 7.16. The van der Waals surface area contributed by atoms with Crippen molar-refractivity contribution in [2.24, 2.45) is 34.0 Å². The minimum Gasteiger partial charge on any atom is -0.196 e. The highest BCUT2D eigenvalue weighted by atomic mass is 14.7. The van der Waals surface area contributed by atoms with Gasteiger partial charge in [0.2, 0.25) is 0 Å². The Morgan fingerprint density at radius 1 is 0.952 bits per heavy atom. The molecule has 0 saturated heterocycles. The van der Waals surface area contributed by atoms with Gasteiger partial charge in [0, 0.05) is 12.3 Å². The fourth-order valence-electron chi connectivity index (χ4n) is 4.75. The Morgan fingerprint density at radius 3 is 2.00 bits per heavy atom. The topological polar surface area (TPSA) is 95.2 Å². The monoisotopic (exact) mass is 276 g/mol. The predicted octanol–water partition coefficient (Wildman–Crippen LogP) is 3.07. The van der Waals surface area contributed by atoms with Gasteiger partial charge in [-0.05, 0) is 30.1 Å². The summed E-state index contributed by atoms with van der Waals surface area (Å²) in [6.45, 7) is 4.47. The Bertz CT molecular complexity index is 673. The minimum absolute atomic E-state index is 0.185. The highest BCUT2D eigenvalue weighted by molar-refractivity contribution is 5.45. The molecule has 0 aliphatic heterocycles. The van der Waals surface area contributed by atoms with Gasteiger partial charge < -0.3 is 0 Å². The Labute approximate surface area is 124 Å². The molecular formula is C17H16N4. The SMILES string of the molecule is CC1(C)[C@H]2C[C@@H]3C(=CCC(C#N)(C#N)C3(C#N)C#N)[C@@H]1C2. The van der Waals surface area contributed by atoms with Crippen LogP contribution in [0.4, 0.5) is 0 Å². The van der Waals surface area contributed by atoms with Crippen molar-refractivity contribution in [1.29, 1.82) is 21.0 Å². The summed E-state index contributed by atoms with van der Waals surface area (Å²) in [6, 6.07) is 8.15. The lowest BCUT2D eigenvalue weighted by atomic mass is 9.39. The van der Waals surface area contributed by atoms with E-state index in [1.165, 1.54) is 0 Å². The van der Waals surface area contributed by atoms with E-state index in [2.05, 4.69) is 26.0 Å². The number of nitrogens with zero attached hydrogens (tertiary/aromatic N) is 4. The molecule has 0 heterocycles. The van der Waals surface area contributed by atoms with E-state index in [-0.39, 0.29) is 17.8 Å². The van der Waals surface area contributed by atoms with Crippen LogP contribution in [-0.2, 0) is 0 Å². The molecule has 3 fully saturated rings. The van der Waals surface area contributed by atoms with E-state index < -0.39 is 10.8 Å². The summed E-state index contributed by atoms with van der Waals surface area (Å²) in [5, 5.41) is 38.4. The number of allylic oxidation sites excluding steroid dienone is 2. The maximum Gasteiger partial charge on any atom is 0.182 e. The van der Waals surface area contributed by atoms with Crippen molar-refractivity contribution in [1.82, 2.24) is 0 Å². The van der Waals surface area contributed by atoms with Crippen LogP contribution in [-0.4, -0.2) is 0 Å². The molecule has 104 valence electrons. The average molecular weight is 276 g/mol. The first-order valence-electron chi connectivity index (χ1n) is 7.27. The molecule has 4 aliphatic carbocycles. The molecule has 0 N–H and O–H groups in total. The maximum atomic E-state index is 9.71. The summed E-state index contributed by atoms with van der Waals surface area (Å²) in [4.78, 5) is 0. The fourth-order valence-corrected chi connectivity index (χ4v) is 4.75. The molecular weight excluding hydrogens is 260 g/mol. The summed E-state index contributed by atoms with van der Waals surface area (Å²) in [7, 11) is 0. The molecule has 0 unspecified atom stereocenters. The quantitative estimate of drug-likeness (QED) is 0.635. The Balaban J connectivity index is 2.19. The summed E-state index contributed by atoms with van der Waals surface area (Å²) in [6.07, 6.45) is 4.01. The van der Waals surface area contributed by atoms with Gasteiger partial charge in [0.15, 0.2) is 10.8 Å². The van der Waals surface area contributed by atoms with Crippen LogP contribution in [0, 0.1) is 79.3 Å². The minimum atomic E-state index is -1.54. The van der Waals surface area contributed by atoms with Gasteiger partial charge in [-0.25, -0.2) is 0 Å². The van der Waals surface area contributed by atoms with Gasteiger partial charge in [-0.2, -0.15) is 21.0 Å². The summed E-state index contributed by atoms with van der Waals surface area (Å²) >= 11 is 0. The Hall–Kier alpha value is -2.30. The molecule has 2 bridgehead atoms. The largest absolute Gasteiger partial charge is 0.196 e. The first-order chi connectivity index (χ1) is 9.92. The van der Waals surface area contributed by atoms with E-state index in [4.69, 9.17) is 0 Å². The van der Waals surface area contributed by atoms with Crippen LogP contribution in [0.1, 0.15) is 33.1 Å². The summed E-state index contributed by atoms with van der Waals surface area (Å²) < 4.78 is 0. The second kappa shape index (κ2) is 3.87. The van der Waals surface area contributed by atoms with Crippen LogP contribution in [0.2, 0.25) is 0 Å². The molecule has 21 heavy (non-hydrogen) atoms. The molecule has 4 nitrogen and oxygen atoms in total. The Kier molecular flexibility index (Phi) is 2.52. The van der Waals surface area contributed by atoms with Crippen LogP contribution in [0.25, 0.3) is 0 Å². The van der Waals surface area contributed by atoms with Crippen molar-refractivity contribution >= 4 is 0 Å². The third-order valence-corrected chi connectivity index (χ3v) is 6.37. The Morgan fingerprint density at radius 2 is 1.52 bits per heavy atom. The van der Waals surface area contributed by atoms with Crippen molar-refractivity contribution in [3.8, 4) is 24.3 Å². The third kappa shape index (κ3) is 1.27. The molecule has 4 heteroatoms. The number of nitriles is 4. The van der Waals surface area contributed by atoms with E-state index in [1.807, 2.05) is 18.2 Å². The lowest BCUT2D eigenvalue weighted by Crippen LogP contribution is -2.59. The number of hydrogen-bond acceptors (Lipinski definition) is 4. The second-order valence-electron chi connectivity index (χ2n) is 7.16. The zero-order chi connectivity index (χ0) is 15.5. The van der Waals surface area contributed by atoms with Gasteiger partial charge in [-0.15, -0.1) is 0 Å². The van der Waals surface area contributed by atoms with Crippen molar-refractivity contribution in [2.75, 3.05) is 0 Å². The molecule has 0 radical (unpaired) electrons. The van der Waals surface area contributed by atoms with Gasteiger partial charge >= 0.3 is 0 Å². The van der Waals surface area contributed by atoms with E-state index in [1.54, 1.807) is 0 Å². The molecule has 3 atom stereocenters. The lowest BCUT2D eigenvalue weighted by molar-refractivity contribution is -0.0709. The maximum absolute atomic E-state index is 9.71.